The van der Waals surface area contributed by atoms with Crippen molar-refractivity contribution in [2.75, 3.05) is 16.9 Å². The highest BCUT2D eigenvalue weighted by atomic mass is 32.2. The molecule has 0 heterocycles. The van der Waals surface area contributed by atoms with E-state index in [0.29, 0.717) is 0 Å². The molecule has 0 aliphatic carbocycles. The summed E-state index contributed by atoms with van der Waals surface area (Å²) in [6, 6.07) is 15.4. The lowest BCUT2D eigenvalue weighted by Gasteiger charge is -2.11. The molecular weight excluding hydrogens is 268 g/mol. The van der Waals surface area contributed by atoms with Gasteiger partial charge in [0.1, 0.15) is 0 Å². The average molecular weight is 286 g/mol. The van der Waals surface area contributed by atoms with Gasteiger partial charge in [0.05, 0.1) is 0 Å². The van der Waals surface area contributed by atoms with Crippen LogP contribution < -0.4 is 10.6 Å². The summed E-state index contributed by atoms with van der Waals surface area (Å²) in [6.45, 7) is 2.07. The Balaban J connectivity index is 2.05. The lowest BCUT2D eigenvalue weighted by atomic mass is 10.1. The van der Waals surface area contributed by atoms with Crippen molar-refractivity contribution < 1.29 is 4.79 Å². The number of hydrogen-bond acceptors (Lipinski definition) is 2. The SMILES string of the molecule is CCc1ccccc1NC(=O)Nc1cccc(SC)c1. The van der Waals surface area contributed by atoms with E-state index < -0.39 is 0 Å². The van der Waals surface area contributed by atoms with E-state index >= 15 is 0 Å². The number of nitrogens with one attached hydrogen (secondary N) is 2. The molecular formula is C16H18N2OS. The summed E-state index contributed by atoms with van der Waals surface area (Å²) in [5.74, 6) is 0. The topological polar surface area (TPSA) is 41.1 Å². The first-order valence-electron chi connectivity index (χ1n) is 6.53. The number of hydrogen-bond donors (Lipinski definition) is 2. The molecule has 2 aromatic carbocycles. The van der Waals surface area contributed by atoms with Crippen LogP contribution in [0.5, 0.6) is 0 Å². The van der Waals surface area contributed by atoms with Crippen LogP contribution >= 0.6 is 11.8 Å². The fourth-order valence-corrected chi connectivity index (χ4v) is 2.40. The number of thioether (sulfide) groups is 1. The van der Waals surface area contributed by atoms with Gasteiger partial charge in [-0.3, -0.25) is 0 Å². The summed E-state index contributed by atoms with van der Waals surface area (Å²) in [6.07, 6.45) is 2.90. The predicted octanol–water partition coefficient (Wildman–Crippen LogP) is 4.61. The summed E-state index contributed by atoms with van der Waals surface area (Å²) in [5, 5.41) is 5.74. The first kappa shape index (κ1) is 14.5. The van der Waals surface area contributed by atoms with Gasteiger partial charge in [0.15, 0.2) is 0 Å². The molecule has 0 fully saturated rings. The quantitative estimate of drug-likeness (QED) is 0.805. The Hall–Kier alpha value is -1.94. The third-order valence-corrected chi connectivity index (χ3v) is 3.70. The van der Waals surface area contributed by atoms with E-state index in [4.69, 9.17) is 0 Å². The maximum absolute atomic E-state index is 12.0. The van der Waals surface area contributed by atoms with Gasteiger partial charge in [0, 0.05) is 16.3 Å². The van der Waals surface area contributed by atoms with Crippen LogP contribution in [0.25, 0.3) is 0 Å². The highest BCUT2D eigenvalue weighted by molar-refractivity contribution is 7.98. The Bertz CT molecular complexity index is 599. The Labute approximate surface area is 123 Å². The van der Waals surface area contributed by atoms with Gasteiger partial charge in [0.25, 0.3) is 0 Å². The lowest BCUT2D eigenvalue weighted by Crippen LogP contribution is -2.20. The summed E-state index contributed by atoms with van der Waals surface area (Å²) in [4.78, 5) is 13.1. The van der Waals surface area contributed by atoms with Crippen molar-refractivity contribution in [3.8, 4) is 0 Å². The summed E-state index contributed by atoms with van der Waals surface area (Å²) < 4.78 is 0. The minimum Gasteiger partial charge on any atom is -0.308 e. The highest BCUT2D eigenvalue weighted by Gasteiger charge is 2.05. The van der Waals surface area contributed by atoms with Crippen LogP contribution in [-0.4, -0.2) is 12.3 Å². The number of anilines is 2. The fourth-order valence-electron chi connectivity index (χ4n) is 1.94. The second kappa shape index (κ2) is 7.01. The molecule has 0 aromatic heterocycles. The average Bonchev–Trinajstić information content (AvgIpc) is 2.48. The van der Waals surface area contributed by atoms with Crippen molar-refractivity contribution >= 4 is 29.2 Å². The molecule has 20 heavy (non-hydrogen) atoms. The molecule has 0 atom stereocenters. The van der Waals surface area contributed by atoms with Crippen LogP contribution in [0.1, 0.15) is 12.5 Å². The molecule has 3 nitrogen and oxygen atoms in total. The molecule has 2 aromatic rings. The van der Waals surface area contributed by atoms with Crippen molar-refractivity contribution in [3.05, 3.63) is 54.1 Å². The van der Waals surface area contributed by atoms with Gasteiger partial charge < -0.3 is 10.6 Å². The largest absolute Gasteiger partial charge is 0.323 e. The molecule has 0 radical (unpaired) electrons. The molecule has 0 bridgehead atoms. The maximum Gasteiger partial charge on any atom is 0.323 e. The molecule has 0 aliphatic heterocycles. The lowest BCUT2D eigenvalue weighted by molar-refractivity contribution is 0.262. The number of rotatable bonds is 4. The normalized spacial score (nSPS) is 10.1. The molecule has 104 valence electrons. The van der Waals surface area contributed by atoms with Gasteiger partial charge in [-0.1, -0.05) is 31.2 Å². The zero-order valence-electron chi connectivity index (χ0n) is 11.6. The van der Waals surface area contributed by atoms with E-state index in [1.165, 1.54) is 0 Å². The van der Waals surface area contributed by atoms with Crippen LogP contribution in [0.2, 0.25) is 0 Å². The van der Waals surface area contributed by atoms with Gasteiger partial charge >= 0.3 is 6.03 Å². The minimum absolute atomic E-state index is 0.218. The van der Waals surface area contributed by atoms with Crippen LogP contribution in [0, 0.1) is 0 Å². The van der Waals surface area contributed by atoms with Gasteiger partial charge in [-0.2, -0.15) is 0 Å². The molecule has 2 rings (SSSR count). The first-order chi connectivity index (χ1) is 9.72. The molecule has 2 amide bonds. The third kappa shape index (κ3) is 3.78. The molecule has 0 saturated carbocycles. The van der Waals surface area contributed by atoms with Crippen molar-refractivity contribution in [1.82, 2.24) is 0 Å². The number of urea groups is 1. The van der Waals surface area contributed by atoms with Gasteiger partial charge in [0.2, 0.25) is 0 Å². The zero-order chi connectivity index (χ0) is 14.4. The Morgan fingerprint density at radius 2 is 1.90 bits per heavy atom. The van der Waals surface area contributed by atoms with Gasteiger partial charge in [-0.05, 0) is 42.5 Å². The maximum atomic E-state index is 12.0. The van der Waals surface area contributed by atoms with E-state index in [0.717, 1.165) is 28.3 Å². The molecule has 0 spiro atoms. The third-order valence-electron chi connectivity index (χ3n) is 2.97. The summed E-state index contributed by atoms with van der Waals surface area (Å²) >= 11 is 1.65. The molecule has 0 saturated heterocycles. The summed E-state index contributed by atoms with van der Waals surface area (Å²) in [5.41, 5.74) is 2.78. The van der Waals surface area contributed by atoms with E-state index in [1.54, 1.807) is 11.8 Å². The second-order valence-electron chi connectivity index (χ2n) is 4.32. The molecule has 4 heteroatoms. The molecule has 0 unspecified atom stereocenters. The number of aryl methyl sites for hydroxylation is 1. The molecule has 0 aliphatic rings. The number of amides is 2. The van der Waals surface area contributed by atoms with Gasteiger partial charge in [-0.15, -0.1) is 11.8 Å². The first-order valence-corrected chi connectivity index (χ1v) is 7.75. The molecule has 2 N–H and O–H groups in total. The number of carbonyl (C=O) groups is 1. The summed E-state index contributed by atoms with van der Waals surface area (Å²) in [7, 11) is 0. The second-order valence-corrected chi connectivity index (χ2v) is 5.20. The van der Waals surface area contributed by atoms with Crippen LogP contribution in [0.3, 0.4) is 0 Å². The number of carbonyl (C=O) groups excluding carboxylic acids is 1. The van der Waals surface area contributed by atoms with Crippen LogP contribution in [0.15, 0.2) is 53.4 Å². The van der Waals surface area contributed by atoms with Gasteiger partial charge in [-0.25, -0.2) is 4.79 Å². The van der Waals surface area contributed by atoms with Crippen molar-refractivity contribution in [3.63, 3.8) is 0 Å². The smallest absolute Gasteiger partial charge is 0.308 e. The monoisotopic (exact) mass is 286 g/mol. The zero-order valence-corrected chi connectivity index (χ0v) is 12.5. The van der Waals surface area contributed by atoms with E-state index in [9.17, 15) is 4.79 Å². The number of benzene rings is 2. The highest BCUT2D eigenvalue weighted by Crippen LogP contribution is 2.20. The van der Waals surface area contributed by atoms with E-state index in [1.807, 2.05) is 54.8 Å². The van der Waals surface area contributed by atoms with E-state index in [-0.39, 0.29) is 6.03 Å². The Morgan fingerprint density at radius 3 is 2.65 bits per heavy atom. The van der Waals surface area contributed by atoms with Crippen LogP contribution in [-0.2, 0) is 6.42 Å². The Morgan fingerprint density at radius 1 is 1.10 bits per heavy atom. The van der Waals surface area contributed by atoms with E-state index in [2.05, 4.69) is 17.6 Å². The van der Waals surface area contributed by atoms with Crippen LogP contribution in [0.4, 0.5) is 16.2 Å². The predicted molar refractivity (Wildman–Crippen MR) is 86.7 cm³/mol. The van der Waals surface area contributed by atoms with Crippen molar-refractivity contribution in [1.29, 1.82) is 0 Å². The fraction of sp³-hybridized carbons (Fsp3) is 0.188. The Kier molecular flexibility index (Phi) is 5.07. The van der Waals surface area contributed by atoms with Crippen molar-refractivity contribution in [2.24, 2.45) is 0 Å². The standard InChI is InChI=1S/C16H18N2OS/c1-3-12-7-4-5-10-15(12)18-16(19)17-13-8-6-9-14(11-13)20-2/h4-11H,3H2,1-2H3,(H2,17,18,19). The van der Waals surface area contributed by atoms with Crippen molar-refractivity contribution in [2.45, 2.75) is 18.2 Å². The number of para-hydroxylation sites is 1. The minimum atomic E-state index is -0.218.